The topological polar surface area (TPSA) is 18.5 Å². The lowest BCUT2D eigenvalue weighted by atomic mass is 9.82. The van der Waals surface area contributed by atoms with Crippen molar-refractivity contribution in [2.45, 2.75) is 58.4 Å². The van der Waals surface area contributed by atoms with E-state index < -0.39 is 8.56 Å². The van der Waals surface area contributed by atoms with E-state index in [0.29, 0.717) is 0 Å². The van der Waals surface area contributed by atoms with Crippen molar-refractivity contribution < 1.29 is 8.85 Å². The third-order valence-corrected chi connectivity index (χ3v) is 8.71. The molecule has 0 bridgehead atoms. The van der Waals surface area contributed by atoms with Crippen molar-refractivity contribution in [2.75, 3.05) is 14.2 Å². The van der Waals surface area contributed by atoms with E-state index in [9.17, 15) is 0 Å². The lowest BCUT2D eigenvalue weighted by Crippen LogP contribution is -2.59. The molecule has 0 fully saturated rings. The van der Waals surface area contributed by atoms with E-state index in [2.05, 4.69) is 65.8 Å². The van der Waals surface area contributed by atoms with Crippen LogP contribution in [0, 0.1) is 0 Å². The third-order valence-electron chi connectivity index (χ3n) is 4.49. The molecular formula is C17H30O2Si. The van der Waals surface area contributed by atoms with E-state index in [4.69, 9.17) is 8.85 Å². The molecule has 0 saturated heterocycles. The molecule has 0 aliphatic rings. The first kappa shape index (κ1) is 17.4. The molecule has 0 saturated carbocycles. The Bertz CT molecular complexity index is 425. The van der Waals surface area contributed by atoms with Crippen molar-refractivity contribution in [2.24, 2.45) is 0 Å². The molecule has 0 N–H and O–H groups in total. The van der Waals surface area contributed by atoms with E-state index in [1.807, 2.05) is 0 Å². The van der Waals surface area contributed by atoms with Crippen LogP contribution >= 0.6 is 0 Å². The van der Waals surface area contributed by atoms with Crippen LogP contribution in [0.15, 0.2) is 24.3 Å². The molecule has 0 aliphatic heterocycles. The molecule has 0 unspecified atom stereocenters. The molecule has 0 amide bonds. The fourth-order valence-corrected chi connectivity index (χ4v) is 6.04. The Hall–Kier alpha value is -0.643. The van der Waals surface area contributed by atoms with Crippen LogP contribution in [0.2, 0.25) is 5.04 Å². The fourth-order valence-electron chi connectivity index (χ4n) is 2.71. The average Bonchev–Trinajstić information content (AvgIpc) is 2.40. The van der Waals surface area contributed by atoms with Crippen LogP contribution in [0.5, 0.6) is 0 Å². The summed E-state index contributed by atoms with van der Waals surface area (Å²) in [5.74, 6) is 0. The smallest absolute Gasteiger partial charge is 0.377 e. The zero-order chi connectivity index (χ0) is 15.6. The van der Waals surface area contributed by atoms with Crippen molar-refractivity contribution in [1.29, 1.82) is 0 Å². The lowest BCUT2D eigenvalue weighted by molar-refractivity contribution is 0.230. The summed E-state index contributed by atoms with van der Waals surface area (Å²) in [5.41, 5.74) is 1.58. The molecule has 1 rings (SSSR count). The van der Waals surface area contributed by atoms with Gasteiger partial charge in [-0.1, -0.05) is 65.8 Å². The van der Waals surface area contributed by atoms with Crippen LogP contribution in [0.4, 0.5) is 0 Å². The van der Waals surface area contributed by atoms with Gasteiger partial charge in [0.15, 0.2) is 0 Å². The van der Waals surface area contributed by atoms with Crippen molar-refractivity contribution in [3.63, 3.8) is 0 Å². The Morgan fingerprint density at radius 3 is 1.65 bits per heavy atom. The Morgan fingerprint density at radius 1 is 0.900 bits per heavy atom. The maximum Gasteiger partial charge on any atom is 0.377 e. The van der Waals surface area contributed by atoms with Crippen molar-refractivity contribution in [3.8, 4) is 0 Å². The van der Waals surface area contributed by atoms with Gasteiger partial charge in [0.1, 0.15) is 0 Å². The van der Waals surface area contributed by atoms with Gasteiger partial charge >= 0.3 is 8.56 Å². The Morgan fingerprint density at radius 2 is 1.35 bits per heavy atom. The molecule has 0 aliphatic carbocycles. The van der Waals surface area contributed by atoms with E-state index in [1.54, 1.807) is 14.2 Å². The van der Waals surface area contributed by atoms with Crippen LogP contribution in [0.25, 0.3) is 0 Å². The Balaban J connectivity index is 3.26. The largest absolute Gasteiger partial charge is 0.394 e. The number of rotatable bonds is 5. The number of hydrogen-bond acceptors (Lipinski definition) is 2. The molecule has 0 radical (unpaired) electrons. The first-order valence-electron chi connectivity index (χ1n) is 7.36. The summed E-state index contributed by atoms with van der Waals surface area (Å²) in [6, 6.07) is 8.84. The SMILES string of the molecule is CCC(C)(C)c1ccc([Si](OC)(OC)C(C)(C)C)cc1. The first-order valence-corrected chi connectivity index (χ1v) is 9.17. The average molecular weight is 295 g/mol. The first-order chi connectivity index (χ1) is 9.14. The molecule has 0 heterocycles. The summed E-state index contributed by atoms with van der Waals surface area (Å²) in [4.78, 5) is 0. The van der Waals surface area contributed by atoms with Gasteiger partial charge < -0.3 is 8.85 Å². The molecule has 20 heavy (non-hydrogen) atoms. The van der Waals surface area contributed by atoms with Gasteiger partial charge in [0, 0.05) is 19.3 Å². The van der Waals surface area contributed by atoms with Gasteiger partial charge in [0.05, 0.1) is 0 Å². The lowest BCUT2D eigenvalue weighted by Gasteiger charge is -2.39. The van der Waals surface area contributed by atoms with Gasteiger partial charge in [-0.3, -0.25) is 0 Å². The number of hydrogen-bond donors (Lipinski definition) is 0. The molecule has 3 heteroatoms. The minimum Gasteiger partial charge on any atom is -0.394 e. The summed E-state index contributed by atoms with van der Waals surface area (Å²) in [6.45, 7) is 13.4. The fraction of sp³-hybridized carbons (Fsp3) is 0.647. The van der Waals surface area contributed by atoms with Gasteiger partial charge in [-0.05, 0) is 22.6 Å². The monoisotopic (exact) mass is 294 g/mol. The van der Waals surface area contributed by atoms with Crippen molar-refractivity contribution in [3.05, 3.63) is 29.8 Å². The second-order valence-electron chi connectivity index (χ2n) is 7.09. The molecule has 1 aromatic rings. The van der Waals surface area contributed by atoms with Crippen LogP contribution in [0.1, 0.15) is 53.5 Å². The van der Waals surface area contributed by atoms with E-state index in [0.717, 1.165) is 6.42 Å². The Kier molecular flexibility index (Phi) is 5.22. The molecular weight excluding hydrogens is 264 g/mol. The highest BCUT2D eigenvalue weighted by Gasteiger charge is 2.49. The molecule has 0 atom stereocenters. The Labute approximate surface area is 125 Å². The predicted octanol–water partition coefficient (Wildman–Crippen LogP) is 4.12. The molecule has 1 aromatic carbocycles. The highest BCUT2D eigenvalue weighted by molar-refractivity contribution is 6.83. The predicted molar refractivity (Wildman–Crippen MR) is 88.9 cm³/mol. The molecule has 0 spiro atoms. The van der Waals surface area contributed by atoms with E-state index >= 15 is 0 Å². The van der Waals surface area contributed by atoms with Crippen LogP contribution in [0.3, 0.4) is 0 Å². The van der Waals surface area contributed by atoms with Crippen LogP contribution in [-0.2, 0) is 14.3 Å². The normalized spacial score (nSPS) is 13.6. The summed E-state index contributed by atoms with van der Waals surface area (Å²) < 4.78 is 11.8. The second kappa shape index (κ2) is 6.00. The van der Waals surface area contributed by atoms with E-state index in [-0.39, 0.29) is 10.5 Å². The summed E-state index contributed by atoms with van der Waals surface area (Å²) in [6.07, 6.45) is 1.13. The van der Waals surface area contributed by atoms with E-state index in [1.165, 1.54) is 10.8 Å². The molecule has 0 aromatic heterocycles. The van der Waals surface area contributed by atoms with Gasteiger partial charge in [0.2, 0.25) is 0 Å². The summed E-state index contributed by atoms with van der Waals surface area (Å²) in [5, 5.41) is 1.18. The molecule has 114 valence electrons. The van der Waals surface area contributed by atoms with Crippen molar-refractivity contribution in [1.82, 2.24) is 0 Å². The third kappa shape index (κ3) is 3.00. The minimum atomic E-state index is -2.41. The minimum absolute atomic E-state index is 0.0156. The van der Waals surface area contributed by atoms with Crippen LogP contribution < -0.4 is 5.19 Å². The van der Waals surface area contributed by atoms with Crippen LogP contribution in [-0.4, -0.2) is 22.8 Å². The second-order valence-corrected chi connectivity index (χ2v) is 11.2. The zero-order valence-electron chi connectivity index (χ0n) is 14.3. The molecule has 2 nitrogen and oxygen atoms in total. The van der Waals surface area contributed by atoms with Gasteiger partial charge in [-0.2, -0.15) is 0 Å². The zero-order valence-corrected chi connectivity index (χ0v) is 15.3. The standard InChI is InChI=1S/C17H30O2Si/c1-9-17(5,6)14-10-12-15(13-11-14)20(18-7,19-8)16(2,3)4/h10-13H,9H2,1-8H3. The van der Waals surface area contributed by atoms with Gasteiger partial charge in [-0.25, -0.2) is 0 Å². The quantitative estimate of drug-likeness (QED) is 0.761. The maximum atomic E-state index is 5.91. The summed E-state index contributed by atoms with van der Waals surface area (Å²) >= 11 is 0. The van der Waals surface area contributed by atoms with Crippen molar-refractivity contribution >= 4 is 13.7 Å². The summed E-state index contributed by atoms with van der Waals surface area (Å²) in [7, 11) is 1.12. The maximum absolute atomic E-state index is 5.91. The highest BCUT2D eigenvalue weighted by Crippen LogP contribution is 2.37. The number of benzene rings is 1. The highest BCUT2D eigenvalue weighted by atomic mass is 28.4. The van der Waals surface area contributed by atoms with Gasteiger partial charge in [-0.15, -0.1) is 0 Å². The van der Waals surface area contributed by atoms with Gasteiger partial charge in [0.25, 0.3) is 0 Å².